The molecule has 1 fully saturated rings. The molecule has 1 aliphatic carbocycles. The predicted octanol–water partition coefficient (Wildman–Crippen LogP) is 2.89. The van der Waals surface area contributed by atoms with E-state index in [0.717, 1.165) is 42.0 Å². The summed E-state index contributed by atoms with van der Waals surface area (Å²) in [7, 11) is 2.97. The molecule has 1 N–H and O–H groups in total. The van der Waals surface area contributed by atoms with Gasteiger partial charge in [0.2, 0.25) is 5.91 Å². The number of nitrogens with zero attached hydrogens (tertiary/aromatic N) is 4. The van der Waals surface area contributed by atoms with Crippen LogP contribution in [0.5, 0.6) is 0 Å². The highest BCUT2D eigenvalue weighted by molar-refractivity contribution is 8.00. The number of thioether (sulfide) groups is 1. The Bertz CT molecular complexity index is 1300. The molecule has 1 aliphatic rings. The molecule has 0 spiro atoms. The molecule has 2 heterocycles. The van der Waals surface area contributed by atoms with E-state index in [4.69, 9.17) is 11.6 Å². The number of rotatable bonds is 5. The fraction of sp³-hybridized carbons (Fsp3) is 0.409. The Kier molecular flexibility index (Phi) is 6.66. The molecule has 0 radical (unpaired) electrons. The van der Waals surface area contributed by atoms with Crippen LogP contribution < -0.4 is 16.6 Å². The molecule has 0 atom stereocenters. The third-order valence-corrected chi connectivity index (χ3v) is 7.00. The van der Waals surface area contributed by atoms with Crippen LogP contribution in [0.4, 0.5) is 0 Å². The number of nitrogens with one attached hydrogen (secondary N) is 1. The van der Waals surface area contributed by atoms with Crippen LogP contribution >= 0.6 is 23.4 Å². The number of aromatic nitrogens is 4. The topological polar surface area (TPSA) is 98.9 Å². The van der Waals surface area contributed by atoms with Crippen LogP contribution in [0.15, 0.2) is 38.9 Å². The third-order valence-electron chi connectivity index (χ3n) is 5.69. The van der Waals surface area contributed by atoms with Gasteiger partial charge in [0, 0.05) is 25.7 Å². The summed E-state index contributed by atoms with van der Waals surface area (Å²) in [5.41, 5.74) is -0.197. The van der Waals surface area contributed by atoms with Crippen molar-refractivity contribution in [2.24, 2.45) is 14.1 Å². The molecule has 0 unspecified atom stereocenters. The predicted molar refractivity (Wildman–Crippen MR) is 126 cm³/mol. The van der Waals surface area contributed by atoms with Crippen LogP contribution in [-0.2, 0) is 18.9 Å². The maximum Gasteiger partial charge on any atom is 0.332 e. The fourth-order valence-electron chi connectivity index (χ4n) is 3.95. The average Bonchev–Trinajstić information content (AvgIpc) is 2.80. The van der Waals surface area contributed by atoms with Gasteiger partial charge in [-0.15, -0.1) is 0 Å². The lowest BCUT2D eigenvalue weighted by atomic mass is 9.95. The van der Waals surface area contributed by atoms with E-state index in [-0.39, 0.29) is 28.7 Å². The lowest BCUT2D eigenvalue weighted by Gasteiger charge is -2.22. The van der Waals surface area contributed by atoms with Gasteiger partial charge in [-0.2, -0.15) is 0 Å². The van der Waals surface area contributed by atoms with Crippen LogP contribution in [0.1, 0.15) is 32.1 Å². The number of fused-ring (bicyclic) bond motifs is 1. The maximum absolute atomic E-state index is 12.9. The van der Waals surface area contributed by atoms with Crippen molar-refractivity contribution in [2.75, 3.05) is 5.75 Å². The summed E-state index contributed by atoms with van der Waals surface area (Å²) < 4.78 is 2.33. The summed E-state index contributed by atoms with van der Waals surface area (Å²) in [6.45, 7) is 0. The third kappa shape index (κ3) is 4.45. The summed E-state index contributed by atoms with van der Waals surface area (Å²) in [5.74, 6) is 0.299. The van der Waals surface area contributed by atoms with E-state index in [1.54, 1.807) is 25.2 Å². The number of carbonyl (C=O) groups excluding carboxylic acids is 1. The normalized spacial score (nSPS) is 14.6. The second-order valence-corrected chi connectivity index (χ2v) is 9.30. The number of benzene rings is 1. The summed E-state index contributed by atoms with van der Waals surface area (Å²) in [6.07, 6.45) is 5.44. The summed E-state index contributed by atoms with van der Waals surface area (Å²) in [6, 6.07) is 7.29. The van der Waals surface area contributed by atoms with E-state index < -0.39 is 11.2 Å². The Hall–Kier alpha value is -2.65. The van der Waals surface area contributed by atoms with Gasteiger partial charge < -0.3 is 5.32 Å². The van der Waals surface area contributed by atoms with Gasteiger partial charge in [-0.05, 0) is 25.0 Å². The minimum Gasteiger partial charge on any atom is -0.353 e. The molecule has 2 aromatic heterocycles. The first-order chi connectivity index (χ1) is 15.4. The van der Waals surface area contributed by atoms with Gasteiger partial charge >= 0.3 is 5.69 Å². The van der Waals surface area contributed by atoms with Crippen molar-refractivity contribution in [1.29, 1.82) is 0 Å². The van der Waals surface area contributed by atoms with Crippen LogP contribution in [0.3, 0.4) is 0 Å². The van der Waals surface area contributed by atoms with Gasteiger partial charge in [0.15, 0.2) is 11.5 Å². The summed E-state index contributed by atoms with van der Waals surface area (Å²) >= 11 is 7.50. The number of aryl methyl sites for hydroxylation is 1. The number of hydrogen-bond acceptors (Lipinski definition) is 6. The first-order valence-electron chi connectivity index (χ1n) is 10.5. The van der Waals surface area contributed by atoms with Crippen molar-refractivity contribution in [3.05, 3.63) is 50.1 Å². The molecule has 0 bridgehead atoms. The van der Waals surface area contributed by atoms with Crippen LogP contribution in [0.2, 0.25) is 5.02 Å². The van der Waals surface area contributed by atoms with Crippen molar-refractivity contribution < 1.29 is 4.79 Å². The van der Waals surface area contributed by atoms with E-state index >= 15 is 0 Å². The minimum absolute atomic E-state index is 0.102. The summed E-state index contributed by atoms with van der Waals surface area (Å²) in [4.78, 5) is 47.1. The Balaban J connectivity index is 1.75. The smallest absolute Gasteiger partial charge is 0.332 e. The molecule has 0 saturated heterocycles. The first-order valence-corrected chi connectivity index (χ1v) is 11.9. The molecule has 168 valence electrons. The zero-order valence-electron chi connectivity index (χ0n) is 17.9. The molecule has 32 heavy (non-hydrogen) atoms. The second kappa shape index (κ2) is 9.46. The highest BCUT2D eigenvalue weighted by Crippen LogP contribution is 2.29. The summed E-state index contributed by atoms with van der Waals surface area (Å²) in [5, 5.41) is 4.08. The van der Waals surface area contributed by atoms with Crippen molar-refractivity contribution >= 4 is 40.3 Å². The Morgan fingerprint density at radius 2 is 1.84 bits per heavy atom. The monoisotopic (exact) mass is 473 g/mol. The van der Waals surface area contributed by atoms with Crippen molar-refractivity contribution in [1.82, 2.24) is 24.4 Å². The molecule has 1 amide bonds. The van der Waals surface area contributed by atoms with Crippen LogP contribution in [0, 0.1) is 0 Å². The van der Waals surface area contributed by atoms with Gasteiger partial charge in [0.1, 0.15) is 10.4 Å². The van der Waals surface area contributed by atoms with E-state index in [9.17, 15) is 14.4 Å². The SMILES string of the molecule is Cn1c(=O)c2c(SCC(=O)NC3CCCCC3)nc(-c3ccccc3Cl)nc2n(C)c1=O. The maximum atomic E-state index is 12.9. The van der Waals surface area contributed by atoms with Crippen LogP contribution in [-0.4, -0.2) is 36.8 Å². The molecule has 4 rings (SSSR count). The fourth-order valence-corrected chi connectivity index (χ4v) is 4.99. The highest BCUT2D eigenvalue weighted by atomic mass is 35.5. The highest BCUT2D eigenvalue weighted by Gasteiger charge is 2.21. The zero-order chi connectivity index (χ0) is 22.8. The van der Waals surface area contributed by atoms with Crippen molar-refractivity contribution in [3.8, 4) is 11.4 Å². The molecular weight excluding hydrogens is 450 g/mol. The Labute approximate surface area is 194 Å². The zero-order valence-corrected chi connectivity index (χ0v) is 19.5. The molecule has 8 nitrogen and oxygen atoms in total. The lowest BCUT2D eigenvalue weighted by Crippen LogP contribution is -2.38. The molecule has 3 aromatic rings. The number of amides is 1. The Morgan fingerprint density at radius 1 is 1.12 bits per heavy atom. The molecule has 10 heteroatoms. The molecule has 1 aromatic carbocycles. The van der Waals surface area contributed by atoms with Gasteiger partial charge in [-0.25, -0.2) is 14.8 Å². The molecular formula is C22H24ClN5O3S. The number of hydrogen-bond donors (Lipinski definition) is 1. The minimum atomic E-state index is -0.496. The van der Waals surface area contributed by atoms with Gasteiger partial charge in [-0.1, -0.05) is 54.8 Å². The molecule has 0 aliphatic heterocycles. The second-order valence-electron chi connectivity index (χ2n) is 7.93. The largest absolute Gasteiger partial charge is 0.353 e. The number of halogens is 1. The first kappa shape index (κ1) is 22.5. The standard InChI is InChI=1S/C22H24ClN5O3S/c1-27-19-17(21(30)28(2)22(27)31)20(26-18(25-19)14-10-6-7-11-15(14)23)32-12-16(29)24-13-8-4-3-5-9-13/h6-7,10-11,13H,3-5,8-9,12H2,1-2H3,(H,24,29). The van der Waals surface area contributed by atoms with Gasteiger partial charge in [0.25, 0.3) is 5.56 Å². The van der Waals surface area contributed by atoms with Gasteiger partial charge in [-0.3, -0.25) is 18.7 Å². The Morgan fingerprint density at radius 3 is 2.56 bits per heavy atom. The number of carbonyl (C=O) groups is 1. The van der Waals surface area contributed by atoms with E-state index in [1.165, 1.54) is 18.0 Å². The van der Waals surface area contributed by atoms with E-state index in [1.807, 2.05) is 6.07 Å². The van der Waals surface area contributed by atoms with Gasteiger partial charge in [0.05, 0.1) is 10.8 Å². The van der Waals surface area contributed by atoms with Crippen molar-refractivity contribution in [3.63, 3.8) is 0 Å². The quantitative estimate of drug-likeness (QED) is 0.452. The van der Waals surface area contributed by atoms with Crippen molar-refractivity contribution in [2.45, 2.75) is 43.2 Å². The van der Waals surface area contributed by atoms with Crippen LogP contribution in [0.25, 0.3) is 22.4 Å². The van der Waals surface area contributed by atoms with E-state index in [0.29, 0.717) is 21.4 Å². The lowest BCUT2D eigenvalue weighted by molar-refractivity contribution is -0.119. The van der Waals surface area contributed by atoms with E-state index in [2.05, 4.69) is 15.3 Å². The average molecular weight is 474 g/mol. The molecule has 1 saturated carbocycles.